The molecule has 0 aliphatic rings. The van der Waals surface area contributed by atoms with E-state index in [1.807, 2.05) is 4.57 Å². The Hall–Kier alpha value is -1.91. The number of hydrogen-bond donors (Lipinski definition) is 1. The van der Waals surface area contributed by atoms with Gasteiger partial charge in [0.1, 0.15) is 5.52 Å². The zero-order valence-electron chi connectivity index (χ0n) is 8.59. The molecule has 2 heterocycles. The molecule has 0 fully saturated rings. The van der Waals surface area contributed by atoms with E-state index in [0.717, 1.165) is 24.1 Å². The third kappa shape index (κ3) is 1.96. The molecule has 0 amide bonds. The number of imidazole rings is 1. The Morgan fingerprint density at radius 2 is 2.27 bits per heavy atom. The van der Waals surface area contributed by atoms with Gasteiger partial charge in [0.05, 0.1) is 12.5 Å². The largest absolute Gasteiger partial charge is 0.368 e. The quantitative estimate of drug-likeness (QED) is 0.765. The van der Waals surface area contributed by atoms with Crippen LogP contribution in [0.3, 0.4) is 0 Å². The van der Waals surface area contributed by atoms with Crippen molar-refractivity contribution in [2.45, 2.75) is 19.9 Å². The minimum atomic E-state index is 0.281. The molecule has 0 bridgehead atoms. The van der Waals surface area contributed by atoms with Crippen molar-refractivity contribution in [3.8, 4) is 0 Å². The lowest BCUT2D eigenvalue weighted by molar-refractivity contribution is 0.834. The first-order valence-electron chi connectivity index (χ1n) is 4.89. The Bertz CT molecular complexity index is 486. The van der Waals surface area contributed by atoms with E-state index in [1.54, 1.807) is 12.5 Å². The van der Waals surface area contributed by atoms with E-state index < -0.39 is 0 Å². The van der Waals surface area contributed by atoms with Gasteiger partial charge in [-0.2, -0.15) is 4.98 Å². The summed E-state index contributed by atoms with van der Waals surface area (Å²) in [7, 11) is 0. The van der Waals surface area contributed by atoms with E-state index in [0.29, 0.717) is 0 Å². The van der Waals surface area contributed by atoms with E-state index in [-0.39, 0.29) is 5.95 Å². The number of nitrogens with two attached hydrogens (primary N) is 1. The molecule has 0 saturated heterocycles. The van der Waals surface area contributed by atoms with Crippen molar-refractivity contribution < 1.29 is 0 Å². The Labute approximate surface area is 87.7 Å². The van der Waals surface area contributed by atoms with Crippen LogP contribution in [0, 0.1) is 0 Å². The summed E-state index contributed by atoms with van der Waals surface area (Å²) in [5, 5.41) is 0. The van der Waals surface area contributed by atoms with Crippen LogP contribution in [0.5, 0.6) is 0 Å². The Morgan fingerprint density at radius 3 is 3.07 bits per heavy atom. The van der Waals surface area contributed by atoms with Gasteiger partial charge in [0.25, 0.3) is 0 Å². The van der Waals surface area contributed by atoms with Gasteiger partial charge in [0, 0.05) is 6.54 Å². The van der Waals surface area contributed by atoms with Gasteiger partial charge in [-0.15, -0.1) is 0 Å². The maximum atomic E-state index is 5.53. The Kier molecular flexibility index (Phi) is 2.62. The molecule has 2 aromatic heterocycles. The molecule has 0 spiro atoms. The molecule has 0 saturated carbocycles. The van der Waals surface area contributed by atoms with Crippen LogP contribution in [0.4, 0.5) is 5.95 Å². The zero-order valence-corrected chi connectivity index (χ0v) is 8.59. The molecular weight excluding hydrogens is 190 g/mol. The smallest absolute Gasteiger partial charge is 0.222 e. The third-order valence-corrected chi connectivity index (χ3v) is 2.08. The second-order valence-electron chi connectivity index (χ2n) is 3.21. The lowest BCUT2D eigenvalue weighted by atomic mass is 10.4. The first kappa shape index (κ1) is 9.64. The first-order chi connectivity index (χ1) is 7.31. The van der Waals surface area contributed by atoms with Crippen LogP contribution in [0.25, 0.3) is 11.2 Å². The molecule has 0 aliphatic carbocycles. The van der Waals surface area contributed by atoms with Gasteiger partial charge in [0.15, 0.2) is 5.65 Å². The van der Waals surface area contributed by atoms with E-state index in [9.17, 15) is 0 Å². The van der Waals surface area contributed by atoms with Gasteiger partial charge in [0.2, 0.25) is 5.95 Å². The zero-order chi connectivity index (χ0) is 10.7. The number of aromatic nitrogens is 4. The summed E-state index contributed by atoms with van der Waals surface area (Å²) in [4.78, 5) is 12.2. The summed E-state index contributed by atoms with van der Waals surface area (Å²) in [6.07, 6.45) is 8.61. The summed E-state index contributed by atoms with van der Waals surface area (Å²) in [6, 6.07) is 0. The molecule has 15 heavy (non-hydrogen) atoms. The highest BCUT2D eigenvalue weighted by atomic mass is 15.1. The molecule has 2 rings (SSSR count). The average Bonchev–Trinajstić information content (AvgIpc) is 2.62. The summed E-state index contributed by atoms with van der Waals surface area (Å²) in [5.41, 5.74) is 7.08. The summed E-state index contributed by atoms with van der Waals surface area (Å²) in [6.45, 7) is 2.86. The summed E-state index contributed by atoms with van der Waals surface area (Å²) in [5.74, 6) is 0.281. The van der Waals surface area contributed by atoms with Crippen LogP contribution in [0.15, 0.2) is 24.7 Å². The number of rotatable bonds is 3. The molecule has 78 valence electrons. The maximum absolute atomic E-state index is 5.53. The molecule has 0 atom stereocenters. The number of nitrogen functional groups attached to an aromatic ring is 1. The predicted molar refractivity (Wildman–Crippen MR) is 59.2 cm³/mol. The number of fused-ring (bicyclic) bond motifs is 1. The van der Waals surface area contributed by atoms with E-state index >= 15 is 0 Å². The van der Waals surface area contributed by atoms with Gasteiger partial charge in [-0.05, 0) is 6.42 Å². The number of allylic oxidation sites excluding steroid dienone is 2. The highest BCUT2D eigenvalue weighted by Crippen LogP contribution is 2.09. The highest BCUT2D eigenvalue weighted by molar-refractivity contribution is 5.70. The van der Waals surface area contributed by atoms with Crippen molar-refractivity contribution in [1.29, 1.82) is 0 Å². The number of hydrogen-bond acceptors (Lipinski definition) is 4. The topological polar surface area (TPSA) is 69.6 Å². The normalized spacial score (nSPS) is 11.5. The van der Waals surface area contributed by atoms with E-state index in [4.69, 9.17) is 5.73 Å². The SMILES string of the molecule is CC/C=C/Cn1cnc2cnc(N)nc21. The number of nitrogens with zero attached hydrogens (tertiary/aromatic N) is 4. The number of anilines is 1. The summed E-state index contributed by atoms with van der Waals surface area (Å²) >= 11 is 0. The molecular formula is C10H13N5. The van der Waals surface area contributed by atoms with E-state index in [2.05, 4.69) is 34.0 Å². The van der Waals surface area contributed by atoms with Crippen LogP contribution in [-0.2, 0) is 6.54 Å². The minimum Gasteiger partial charge on any atom is -0.368 e. The lowest BCUT2D eigenvalue weighted by Crippen LogP contribution is -1.99. The van der Waals surface area contributed by atoms with Crippen molar-refractivity contribution in [3.05, 3.63) is 24.7 Å². The van der Waals surface area contributed by atoms with Crippen molar-refractivity contribution >= 4 is 17.1 Å². The van der Waals surface area contributed by atoms with Crippen LogP contribution >= 0.6 is 0 Å². The molecule has 2 N–H and O–H groups in total. The van der Waals surface area contributed by atoms with Gasteiger partial charge in [-0.3, -0.25) is 0 Å². The molecule has 0 unspecified atom stereocenters. The van der Waals surface area contributed by atoms with Crippen molar-refractivity contribution in [1.82, 2.24) is 19.5 Å². The van der Waals surface area contributed by atoms with Crippen molar-refractivity contribution in [2.24, 2.45) is 0 Å². The average molecular weight is 203 g/mol. The second kappa shape index (κ2) is 4.08. The van der Waals surface area contributed by atoms with Gasteiger partial charge < -0.3 is 10.3 Å². The molecule has 2 aromatic rings. The standard InChI is InChI=1S/C10H13N5/c1-2-3-4-5-15-7-13-8-6-12-10(11)14-9(8)15/h3-4,6-7H,2,5H2,1H3,(H2,11,12,14)/b4-3+. The predicted octanol–water partition coefficient (Wildman–Crippen LogP) is 1.37. The molecule has 0 aromatic carbocycles. The van der Waals surface area contributed by atoms with Crippen LogP contribution in [0.1, 0.15) is 13.3 Å². The lowest BCUT2D eigenvalue weighted by Gasteiger charge is -1.98. The van der Waals surface area contributed by atoms with Crippen LogP contribution in [-0.4, -0.2) is 19.5 Å². The Balaban J connectivity index is 2.35. The van der Waals surface area contributed by atoms with Gasteiger partial charge in [-0.25, -0.2) is 9.97 Å². The van der Waals surface area contributed by atoms with Crippen LogP contribution < -0.4 is 5.73 Å². The third-order valence-electron chi connectivity index (χ3n) is 2.08. The molecule has 5 nitrogen and oxygen atoms in total. The molecule has 0 aliphatic heterocycles. The second-order valence-corrected chi connectivity index (χ2v) is 3.21. The molecule has 0 radical (unpaired) electrons. The van der Waals surface area contributed by atoms with Crippen molar-refractivity contribution in [3.63, 3.8) is 0 Å². The Morgan fingerprint density at radius 1 is 1.40 bits per heavy atom. The van der Waals surface area contributed by atoms with Gasteiger partial charge >= 0.3 is 0 Å². The summed E-state index contributed by atoms with van der Waals surface area (Å²) < 4.78 is 1.94. The fourth-order valence-electron chi connectivity index (χ4n) is 1.36. The fourth-order valence-corrected chi connectivity index (χ4v) is 1.36. The van der Waals surface area contributed by atoms with Crippen LogP contribution in [0.2, 0.25) is 0 Å². The first-order valence-corrected chi connectivity index (χ1v) is 4.89. The fraction of sp³-hybridized carbons (Fsp3) is 0.300. The highest BCUT2D eigenvalue weighted by Gasteiger charge is 2.03. The maximum Gasteiger partial charge on any atom is 0.222 e. The van der Waals surface area contributed by atoms with E-state index in [1.165, 1.54) is 0 Å². The van der Waals surface area contributed by atoms with Gasteiger partial charge in [-0.1, -0.05) is 19.1 Å². The monoisotopic (exact) mass is 203 g/mol. The molecule has 5 heteroatoms. The van der Waals surface area contributed by atoms with Crippen molar-refractivity contribution in [2.75, 3.05) is 5.73 Å². The minimum absolute atomic E-state index is 0.281.